The SMILES string of the molecule is CC1(C)c2ccccc2-c2cc3c4ccccc4n(-c4nc(-c5cccc6oc7ccccc7c56)c5ccccc5n4)c3cc21. The molecule has 10 rings (SSSR count). The molecule has 212 valence electrons. The standard InChI is InChI=1S/C41H27N3O/c1-41(2)31-17-7-3-12-24(31)29-22-30-25-13-5-9-19-34(25)44(35(30)23-32(29)41)40-42-33-18-8-4-14-26(33)39(43-40)28-16-11-21-37-38(28)27-15-6-10-20-36(27)45-37/h3-23H,1-2H3. The van der Waals surface area contributed by atoms with Crippen molar-refractivity contribution in [2.45, 2.75) is 19.3 Å². The molecule has 0 bridgehead atoms. The molecule has 1 aliphatic rings. The molecule has 6 aromatic carbocycles. The molecule has 3 aromatic heterocycles. The minimum absolute atomic E-state index is 0.116. The van der Waals surface area contributed by atoms with Crippen LogP contribution in [0, 0.1) is 0 Å². The molecule has 0 unspecified atom stereocenters. The largest absolute Gasteiger partial charge is 0.456 e. The highest BCUT2D eigenvalue weighted by atomic mass is 16.3. The maximum atomic E-state index is 6.28. The van der Waals surface area contributed by atoms with Gasteiger partial charge in [0.2, 0.25) is 5.95 Å². The van der Waals surface area contributed by atoms with Crippen LogP contribution in [0.25, 0.3) is 83.0 Å². The molecule has 0 amide bonds. The summed E-state index contributed by atoms with van der Waals surface area (Å²) in [5.41, 5.74) is 12.0. The van der Waals surface area contributed by atoms with Crippen LogP contribution in [0.5, 0.6) is 0 Å². The predicted octanol–water partition coefficient (Wildman–Crippen LogP) is 10.6. The Hall–Kier alpha value is -5.74. The second-order valence-electron chi connectivity index (χ2n) is 12.6. The Morgan fingerprint density at radius 2 is 1.24 bits per heavy atom. The van der Waals surface area contributed by atoms with E-state index in [2.05, 4.69) is 128 Å². The van der Waals surface area contributed by atoms with Gasteiger partial charge in [-0.05, 0) is 58.7 Å². The van der Waals surface area contributed by atoms with E-state index < -0.39 is 0 Å². The van der Waals surface area contributed by atoms with Gasteiger partial charge in [-0.3, -0.25) is 4.57 Å². The molecular weight excluding hydrogens is 550 g/mol. The van der Waals surface area contributed by atoms with Crippen molar-refractivity contribution in [1.82, 2.24) is 14.5 Å². The van der Waals surface area contributed by atoms with E-state index in [-0.39, 0.29) is 5.41 Å². The van der Waals surface area contributed by atoms with Crippen molar-refractivity contribution >= 4 is 54.6 Å². The molecule has 9 aromatic rings. The molecule has 4 heteroatoms. The molecule has 0 aliphatic heterocycles. The summed E-state index contributed by atoms with van der Waals surface area (Å²) in [5, 5.41) is 5.57. The van der Waals surface area contributed by atoms with E-state index in [1.54, 1.807) is 0 Å². The van der Waals surface area contributed by atoms with Crippen LogP contribution < -0.4 is 0 Å². The molecule has 0 spiro atoms. The molecule has 0 radical (unpaired) electrons. The van der Waals surface area contributed by atoms with Crippen molar-refractivity contribution < 1.29 is 4.42 Å². The smallest absolute Gasteiger partial charge is 0.235 e. The summed E-state index contributed by atoms with van der Waals surface area (Å²) in [7, 11) is 0. The fourth-order valence-corrected chi connectivity index (χ4v) is 7.72. The maximum absolute atomic E-state index is 6.28. The fourth-order valence-electron chi connectivity index (χ4n) is 7.72. The second kappa shape index (κ2) is 8.67. The van der Waals surface area contributed by atoms with Crippen LogP contribution >= 0.6 is 0 Å². The van der Waals surface area contributed by atoms with Crippen LogP contribution in [-0.4, -0.2) is 14.5 Å². The first-order chi connectivity index (χ1) is 22.1. The van der Waals surface area contributed by atoms with Crippen LogP contribution in [0.15, 0.2) is 132 Å². The lowest BCUT2D eigenvalue weighted by Crippen LogP contribution is -2.15. The normalized spacial score (nSPS) is 13.7. The van der Waals surface area contributed by atoms with Gasteiger partial charge in [0.15, 0.2) is 0 Å². The summed E-state index contributed by atoms with van der Waals surface area (Å²) in [6.45, 7) is 4.66. The van der Waals surface area contributed by atoms with Crippen LogP contribution in [0.1, 0.15) is 25.0 Å². The third kappa shape index (κ3) is 3.26. The fraction of sp³-hybridized carbons (Fsp3) is 0.0732. The molecule has 0 atom stereocenters. The molecule has 45 heavy (non-hydrogen) atoms. The Bertz CT molecular complexity index is 2690. The third-order valence-corrected chi connectivity index (χ3v) is 9.82. The molecule has 1 aliphatic carbocycles. The van der Waals surface area contributed by atoms with E-state index in [0.29, 0.717) is 5.95 Å². The zero-order chi connectivity index (χ0) is 29.9. The first kappa shape index (κ1) is 24.7. The Balaban J connectivity index is 1.32. The van der Waals surface area contributed by atoms with Crippen molar-refractivity contribution in [3.63, 3.8) is 0 Å². The Labute approximate surface area is 259 Å². The first-order valence-corrected chi connectivity index (χ1v) is 15.4. The Morgan fingerprint density at radius 3 is 2.16 bits per heavy atom. The lowest BCUT2D eigenvalue weighted by Gasteiger charge is -2.21. The molecule has 0 saturated heterocycles. The summed E-state index contributed by atoms with van der Waals surface area (Å²) in [6, 6.07) is 45.0. The van der Waals surface area contributed by atoms with Crippen molar-refractivity contribution in [3.05, 3.63) is 139 Å². The number of nitrogens with zero attached hydrogens (tertiary/aromatic N) is 3. The highest BCUT2D eigenvalue weighted by molar-refractivity contribution is 6.15. The van der Waals surface area contributed by atoms with Gasteiger partial charge in [-0.25, -0.2) is 9.97 Å². The van der Waals surface area contributed by atoms with Gasteiger partial charge in [0.1, 0.15) is 11.2 Å². The van der Waals surface area contributed by atoms with Crippen LogP contribution in [-0.2, 0) is 5.41 Å². The van der Waals surface area contributed by atoms with E-state index in [9.17, 15) is 0 Å². The summed E-state index contributed by atoms with van der Waals surface area (Å²) >= 11 is 0. The number of rotatable bonds is 2. The maximum Gasteiger partial charge on any atom is 0.235 e. The number of hydrogen-bond donors (Lipinski definition) is 0. The summed E-state index contributed by atoms with van der Waals surface area (Å²) in [5.74, 6) is 0.660. The minimum Gasteiger partial charge on any atom is -0.456 e. The minimum atomic E-state index is -0.116. The van der Waals surface area contributed by atoms with Crippen LogP contribution in [0.2, 0.25) is 0 Å². The van der Waals surface area contributed by atoms with Gasteiger partial charge in [-0.1, -0.05) is 105 Å². The highest BCUT2D eigenvalue weighted by Gasteiger charge is 2.36. The summed E-state index contributed by atoms with van der Waals surface area (Å²) in [6.07, 6.45) is 0. The number of hydrogen-bond acceptors (Lipinski definition) is 3. The van der Waals surface area contributed by atoms with Gasteiger partial charge in [-0.2, -0.15) is 0 Å². The van der Waals surface area contributed by atoms with Gasteiger partial charge >= 0.3 is 0 Å². The van der Waals surface area contributed by atoms with Gasteiger partial charge in [0.05, 0.1) is 22.2 Å². The number of aromatic nitrogens is 3. The Kier molecular flexibility index (Phi) is 4.76. The molecule has 4 nitrogen and oxygen atoms in total. The second-order valence-corrected chi connectivity index (χ2v) is 12.6. The summed E-state index contributed by atoms with van der Waals surface area (Å²) in [4.78, 5) is 10.7. The average Bonchev–Trinajstić information content (AvgIpc) is 3.69. The average molecular weight is 578 g/mol. The van der Waals surface area contributed by atoms with Gasteiger partial charge in [-0.15, -0.1) is 0 Å². The highest BCUT2D eigenvalue weighted by Crippen LogP contribution is 2.51. The number of para-hydroxylation sites is 3. The topological polar surface area (TPSA) is 43.9 Å². The lowest BCUT2D eigenvalue weighted by molar-refractivity contribution is 0.661. The van der Waals surface area contributed by atoms with Crippen molar-refractivity contribution in [3.8, 4) is 28.3 Å². The number of furan rings is 1. The molecule has 0 fully saturated rings. The quantitative estimate of drug-likeness (QED) is 0.205. The van der Waals surface area contributed by atoms with E-state index in [4.69, 9.17) is 14.4 Å². The molecule has 3 heterocycles. The van der Waals surface area contributed by atoms with Crippen molar-refractivity contribution in [2.75, 3.05) is 0 Å². The number of benzene rings is 6. The van der Waals surface area contributed by atoms with Gasteiger partial charge in [0, 0.05) is 37.9 Å². The first-order valence-electron chi connectivity index (χ1n) is 15.4. The predicted molar refractivity (Wildman–Crippen MR) is 184 cm³/mol. The number of fused-ring (bicyclic) bond motifs is 10. The molecule has 0 saturated carbocycles. The van der Waals surface area contributed by atoms with Crippen molar-refractivity contribution in [2.24, 2.45) is 0 Å². The van der Waals surface area contributed by atoms with Crippen LogP contribution in [0.3, 0.4) is 0 Å². The molecule has 0 N–H and O–H groups in total. The zero-order valence-corrected chi connectivity index (χ0v) is 24.9. The van der Waals surface area contributed by atoms with Crippen LogP contribution in [0.4, 0.5) is 0 Å². The van der Waals surface area contributed by atoms with Gasteiger partial charge < -0.3 is 4.42 Å². The zero-order valence-electron chi connectivity index (χ0n) is 24.9. The van der Waals surface area contributed by atoms with Gasteiger partial charge in [0.25, 0.3) is 0 Å². The Morgan fingerprint density at radius 1 is 0.533 bits per heavy atom. The monoisotopic (exact) mass is 577 g/mol. The van der Waals surface area contributed by atoms with Crippen molar-refractivity contribution in [1.29, 1.82) is 0 Å². The van der Waals surface area contributed by atoms with E-state index in [0.717, 1.165) is 55.1 Å². The van der Waals surface area contributed by atoms with E-state index in [1.165, 1.54) is 33.0 Å². The lowest BCUT2D eigenvalue weighted by atomic mass is 9.82. The van der Waals surface area contributed by atoms with E-state index >= 15 is 0 Å². The summed E-state index contributed by atoms with van der Waals surface area (Å²) < 4.78 is 8.54. The molecular formula is C41H27N3O. The third-order valence-electron chi connectivity index (χ3n) is 9.82. The van der Waals surface area contributed by atoms with E-state index in [1.807, 2.05) is 18.2 Å².